The van der Waals surface area contributed by atoms with Crippen molar-refractivity contribution in [3.63, 3.8) is 0 Å². The molecule has 1 fully saturated rings. The fourth-order valence-corrected chi connectivity index (χ4v) is 3.86. The number of carbonyl (C=O) groups excluding carboxylic acids is 1. The van der Waals surface area contributed by atoms with Crippen LogP contribution >= 0.6 is 11.8 Å². The molecule has 0 radical (unpaired) electrons. The normalized spacial score (nSPS) is 15.5. The fourth-order valence-electron chi connectivity index (χ4n) is 3.09. The van der Waals surface area contributed by atoms with Crippen LogP contribution in [0.1, 0.15) is 59.6 Å². The molecule has 0 bridgehead atoms. The lowest BCUT2D eigenvalue weighted by atomic mass is 9.84. The number of Topliss-reactive ketones (excluding diaryl/α,β-unsaturated/α-hetero) is 1. The molecule has 1 aromatic heterocycles. The monoisotopic (exact) mass is 326 g/mol. The Morgan fingerprint density at radius 1 is 1.13 bits per heavy atom. The van der Waals surface area contributed by atoms with Crippen molar-refractivity contribution in [2.75, 3.05) is 5.75 Å². The summed E-state index contributed by atoms with van der Waals surface area (Å²) in [5.74, 6) is 1.20. The summed E-state index contributed by atoms with van der Waals surface area (Å²) in [4.78, 5) is 20.8. The van der Waals surface area contributed by atoms with Gasteiger partial charge in [-0.3, -0.25) is 4.79 Å². The van der Waals surface area contributed by atoms with Crippen LogP contribution in [0.2, 0.25) is 0 Å². The Hall–Kier alpha value is -1.68. The zero-order chi connectivity index (χ0) is 16.1. The van der Waals surface area contributed by atoms with E-state index in [9.17, 15) is 4.79 Å². The maximum absolute atomic E-state index is 12.3. The number of benzene rings is 1. The minimum absolute atomic E-state index is 0.135. The fraction of sp³-hybridized carbons (Fsp3) is 0.421. The molecule has 2 aromatic rings. The van der Waals surface area contributed by atoms with Crippen LogP contribution in [0.4, 0.5) is 0 Å². The molecule has 1 heterocycles. The zero-order valence-corrected chi connectivity index (χ0v) is 14.3. The van der Waals surface area contributed by atoms with Gasteiger partial charge in [0.15, 0.2) is 10.9 Å². The number of hydrogen-bond acceptors (Lipinski definition) is 4. The highest BCUT2D eigenvalue weighted by molar-refractivity contribution is 7.99. The summed E-state index contributed by atoms with van der Waals surface area (Å²) in [6, 6.07) is 10.1. The average Bonchev–Trinajstić information content (AvgIpc) is 2.61. The summed E-state index contributed by atoms with van der Waals surface area (Å²) in [6.07, 6.45) is 8.33. The molecule has 0 atom stereocenters. The highest BCUT2D eigenvalue weighted by Crippen LogP contribution is 2.32. The van der Waals surface area contributed by atoms with Crippen molar-refractivity contribution in [2.24, 2.45) is 0 Å². The van der Waals surface area contributed by atoms with Crippen molar-refractivity contribution in [1.82, 2.24) is 9.97 Å². The molecule has 1 saturated carbocycles. The molecule has 1 aliphatic rings. The van der Waals surface area contributed by atoms with Crippen LogP contribution in [0.15, 0.2) is 41.7 Å². The summed E-state index contributed by atoms with van der Waals surface area (Å²) in [5, 5.41) is 0.664. The van der Waals surface area contributed by atoms with Crippen molar-refractivity contribution in [1.29, 1.82) is 0 Å². The Morgan fingerprint density at radius 3 is 2.57 bits per heavy atom. The van der Waals surface area contributed by atoms with E-state index in [0.29, 0.717) is 16.8 Å². The molecule has 3 nitrogen and oxygen atoms in total. The van der Waals surface area contributed by atoms with E-state index in [-0.39, 0.29) is 5.78 Å². The summed E-state index contributed by atoms with van der Waals surface area (Å²) >= 11 is 1.40. The number of carbonyl (C=O) groups is 1. The van der Waals surface area contributed by atoms with E-state index in [0.717, 1.165) is 11.3 Å². The van der Waals surface area contributed by atoms with Gasteiger partial charge >= 0.3 is 0 Å². The Bertz CT molecular complexity index is 663. The van der Waals surface area contributed by atoms with E-state index in [2.05, 4.69) is 22.1 Å². The van der Waals surface area contributed by atoms with Crippen LogP contribution in [0, 0.1) is 6.92 Å². The number of hydrogen-bond donors (Lipinski definition) is 0. The van der Waals surface area contributed by atoms with Crippen molar-refractivity contribution < 1.29 is 4.79 Å². The molecule has 3 rings (SSSR count). The van der Waals surface area contributed by atoms with Crippen molar-refractivity contribution in [2.45, 2.75) is 50.1 Å². The molecule has 0 unspecified atom stereocenters. The minimum atomic E-state index is 0.135. The van der Waals surface area contributed by atoms with Crippen LogP contribution < -0.4 is 0 Å². The first-order valence-electron chi connectivity index (χ1n) is 8.28. The quantitative estimate of drug-likeness (QED) is 0.449. The number of rotatable bonds is 5. The predicted octanol–water partition coefficient (Wildman–Crippen LogP) is 4.81. The molecule has 0 aliphatic heterocycles. The molecule has 120 valence electrons. The van der Waals surface area contributed by atoms with Gasteiger partial charge in [0.05, 0.1) is 5.75 Å². The second kappa shape index (κ2) is 7.73. The summed E-state index contributed by atoms with van der Waals surface area (Å²) < 4.78 is 0. The van der Waals surface area contributed by atoms with E-state index in [4.69, 9.17) is 0 Å². The second-order valence-electron chi connectivity index (χ2n) is 6.15. The predicted molar refractivity (Wildman–Crippen MR) is 94.1 cm³/mol. The van der Waals surface area contributed by atoms with Gasteiger partial charge in [-0.25, -0.2) is 9.97 Å². The Kier molecular flexibility index (Phi) is 5.44. The molecule has 0 saturated heterocycles. The number of thioether (sulfide) groups is 1. The number of aromatic nitrogens is 2. The van der Waals surface area contributed by atoms with Gasteiger partial charge < -0.3 is 0 Å². The molecule has 23 heavy (non-hydrogen) atoms. The maximum Gasteiger partial charge on any atom is 0.188 e. The van der Waals surface area contributed by atoms with Crippen molar-refractivity contribution in [3.8, 4) is 0 Å². The zero-order valence-electron chi connectivity index (χ0n) is 13.5. The Labute approximate surface area is 141 Å². The summed E-state index contributed by atoms with van der Waals surface area (Å²) in [6.45, 7) is 1.93. The first-order chi connectivity index (χ1) is 11.2. The van der Waals surface area contributed by atoms with Gasteiger partial charge in [-0.1, -0.05) is 55.3 Å². The molecular formula is C19H22N2OS. The smallest absolute Gasteiger partial charge is 0.188 e. The van der Waals surface area contributed by atoms with Crippen molar-refractivity contribution in [3.05, 3.63) is 53.3 Å². The SMILES string of the molecule is Cc1ccnc(SCC(=O)c2ccc(C3CCCCC3)cc2)n1. The number of ketones is 1. The Balaban J connectivity index is 1.59. The molecular weight excluding hydrogens is 304 g/mol. The number of nitrogens with zero attached hydrogens (tertiary/aromatic N) is 2. The van der Waals surface area contributed by atoms with Gasteiger partial charge in [-0.2, -0.15) is 0 Å². The molecule has 0 spiro atoms. The van der Waals surface area contributed by atoms with E-state index < -0.39 is 0 Å². The second-order valence-corrected chi connectivity index (χ2v) is 7.09. The van der Waals surface area contributed by atoms with Gasteiger partial charge in [0.2, 0.25) is 0 Å². The maximum atomic E-state index is 12.3. The highest BCUT2D eigenvalue weighted by atomic mass is 32.2. The van der Waals surface area contributed by atoms with Crippen LogP contribution in [0.25, 0.3) is 0 Å². The molecule has 1 aromatic carbocycles. The van der Waals surface area contributed by atoms with Gasteiger partial charge in [0.25, 0.3) is 0 Å². The van der Waals surface area contributed by atoms with Crippen LogP contribution in [-0.2, 0) is 0 Å². The minimum Gasteiger partial charge on any atom is -0.293 e. The lowest BCUT2D eigenvalue weighted by Crippen LogP contribution is -2.06. The average molecular weight is 326 g/mol. The van der Waals surface area contributed by atoms with E-state index in [1.54, 1.807) is 6.20 Å². The van der Waals surface area contributed by atoms with E-state index in [1.807, 2.05) is 25.1 Å². The van der Waals surface area contributed by atoms with Crippen LogP contribution in [-0.4, -0.2) is 21.5 Å². The molecule has 0 N–H and O–H groups in total. The topological polar surface area (TPSA) is 42.9 Å². The van der Waals surface area contributed by atoms with Gasteiger partial charge in [0.1, 0.15) is 0 Å². The third kappa shape index (κ3) is 4.41. The summed E-state index contributed by atoms with van der Waals surface area (Å²) in [7, 11) is 0. The van der Waals surface area contributed by atoms with Crippen LogP contribution in [0.5, 0.6) is 0 Å². The van der Waals surface area contributed by atoms with E-state index in [1.165, 1.54) is 49.4 Å². The van der Waals surface area contributed by atoms with Gasteiger partial charge in [-0.05, 0) is 37.3 Å². The largest absolute Gasteiger partial charge is 0.293 e. The molecule has 1 aliphatic carbocycles. The lowest BCUT2D eigenvalue weighted by Gasteiger charge is -2.22. The molecule has 4 heteroatoms. The highest BCUT2D eigenvalue weighted by Gasteiger charge is 2.16. The van der Waals surface area contributed by atoms with Gasteiger partial charge in [0, 0.05) is 17.5 Å². The third-order valence-corrected chi connectivity index (χ3v) is 5.28. The summed E-state index contributed by atoms with van der Waals surface area (Å²) in [5.41, 5.74) is 3.09. The third-order valence-electron chi connectivity index (χ3n) is 4.41. The lowest BCUT2D eigenvalue weighted by molar-refractivity contribution is 0.102. The number of aryl methyl sites for hydroxylation is 1. The van der Waals surface area contributed by atoms with Crippen LogP contribution in [0.3, 0.4) is 0 Å². The van der Waals surface area contributed by atoms with E-state index >= 15 is 0 Å². The standard InChI is InChI=1S/C19H22N2OS/c1-14-11-12-20-19(21-14)23-13-18(22)17-9-7-16(8-10-17)15-5-3-2-4-6-15/h7-12,15H,2-6,13H2,1H3. The first-order valence-corrected chi connectivity index (χ1v) is 9.26. The van der Waals surface area contributed by atoms with Crippen molar-refractivity contribution >= 4 is 17.5 Å². The Morgan fingerprint density at radius 2 is 1.87 bits per heavy atom. The van der Waals surface area contributed by atoms with Gasteiger partial charge in [-0.15, -0.1) is 0 Å². The molecule has 0 amide bonds. The first kappa shape index (κ1) is 16.2.